The van der Waals surface area contributed by atoms with Crippen molar-refractivity contribution < 1.29 is 37.6 Å². The Morgan fingerprint density at radius 1 is 1.00 bits per heavy atom. The molecule has 0 unspecified atom stereocenters. The van der Waals surface area contributed by atoms with Crippen LogP contribution in [0.1, 0.15) is 88.1 Å². The number of hydrogen-bond donors (Lipinski definition) is 1. The second kappa shape index (κ2) is 11.5. The van der Waals surface area contributed by atoms with E-state index in [1.54, 1.807) is 32.9 Å². The van der Waals surface area contributed by atoms with Crippen LogP contribution in [0.2, 0.25) is 0 Å². The highest BCUT2D eigenvalue weighted by atomic mass is 16.7. The van der Waals surface area contributed by atoms with E-state index in [2.05, 4.69) is 26.1 Å². The van der Waals surface area contributed by atoms with Gasteiger partial charge in [0.15, 0.2) is 0 Å². The molecule has 2 bridgehead atoms. The average molecular weight is 631 g/mol. The van der Waals surface area contributed by atoms with Gasteiger partial charge < -0.3 is 23.8 Å². The topological polar surface area (TPSA) is 108 Å². The molecule has 5 atom stereocenters. The first-order chi connectivity index (χ1) is 21.6. The maximum atomic E-state index is 13.4. The minimum absolute atomic E-state index is 0.0834. The fraction of sp³-hybridized carbons (Fsp3) is 0.556. The SMILES string of the molecule is C[C@@H]1[C@H]2C[C@@H](C[C@H]1[N+]13CC(=O)O[B-]1([C@@H](Cc1ccc(C(=O)NCCC(=O)OC(C)(C)C)cc1)c1ccccc1)OC(=O)C3)C2(C)C. The summed E-state index contributed by atoms with van der Waals surface area (Å²) in [4.78, 5) is 51.6. The normalized spacial score (nSPS) is 31.6. The lowest BCUT2D eigenvalue weighted by molar-refractivity contribution is -0.853. The third-order valence-electron chi connectivity index (χ3n) is 11.6. The van der Waals surface area contributed by atoms with Crippen molar-refractivity contribution in [2.75, 3.05) is 19.6 Å². The zero-order chi connectivity index (χ0) is 33.1. The molecule has 2 heterocycles. The minimum Gasteiger partial charge on any atom is -0.600 e. The Hall–Kier alpha value is -3.66. The molecule has 46 heavy (non-hydrogen) atoms. The van der Waals surface area contributed by atoms with Crippen LogP contribution in [-0.2, 0) is 34.9 Å². The fourth-order valence-electron chi connectivity index (χ4n) is 9.33. The van der Waals surface area contributed by atoms with Crippen molar-refractivity contribution >= 4 is 30.5 Å². The van der Waals surface area contributed by atoms with Gasteiger partial charge in [-0.25, -0.2) is 0 Å². The van der Waals surface area contributed by atoms with Gasteiger partial charge in [-0.3, -0.25) is 19.2 Å². The Morgan fingerprint density at radius 2 is 1.63 bits per heavy atom. The Labute approximate surface area is 271 Å². The fourth-order valence-corrected chi connectivity index (χ4v) is 9.33. The predicted molar refractivity (Wildman–Crippen MR) is 173 cm³/mol. The van der Waals surface area contributed by atoms with E-state index in [-0.39, 0.29) is 65.7 Å². The number of amides is 1. The van der Waals surface area contributed by atoms with Gasteiger partial charge in [0.25, 0.3) is 5.91 Å². The lowest BCUT2D eigenvalue weighted by Crippen LogP contribution is -2.75. The van der Waals surface area contributed by atoms with Crippen LogP contribution in [0, 0.1) is 23.2 Å². The maximum Gasteiger partial charge on any atom is 0.591 e. The molecule has 1 N–H and O–H groups in total. The van der Waals surface area contributed by atoms with Gasteiger partial charge >= 0.3 is 24.6 Å². The van der Waals surface area contributed by atoms with E-state index < -0.39 is 18.1 Å². The molecule has 3 aliphatic carbocycles. The number of nitrogens with one attached hydrogen (secondary N) is 1. The summed E-state index contributed by atoms with van der Waals surface area (Å²) in [5.41, 5.74) is 2.03. The van der Waals surface area contributed by atoms with Crippen LogP contribution >= 0.6 is 0 Å². The van der Waals surface area contributed by atoms with Crippen molar-refractivity contribution in [2.24, 2.45) is 23.2 Å². The van der Waals surface area contributed by atoms with Crippen molar-refractivity contribution in [2.45, 2.75) is 84.7 Å². The molecule has 2 aliphatic heterocycles. The number of ether oxygens (including phenoxy) is 1. The summed E-state index contributed by atoms with van der Waals surface area (Å²) in [5, 5.41) is 2.79. The molecule has 5 fully saturated rings. The molecule has 246 valence electrons. The summed E-state index contributed by atoms with van der Waals surface area (Å²) < 4.78 is 18.3. The Kier molecular flexibility index (Phi) is 8.11. The van der Waals surface area contributed by atoms with Gasteiger partial charge in [0, 0.05) is 23.8 Å². The first-order valence-corrected chi connectivity index (χ1v) is 16.7. The highest BCUT2D eigenvalue weighted by Crippen LogP contribution is 2.64. The van der Waals surface area contributed by atoms with Crippen LogP contribution in [0.5, 0.6) is 0 Å². The van der Waals surface area contributed by atoms with Crippen LogP contribution in [-0.4, -0.2) is 66.2 Å². The van der Waals surface area contributed by atoms with Gasteiger partial charge in [-0.15, -0.1) is 0 Å². The van der Waals surface area contributed by atoms with E-state index in [9.17, 15) is 19.2 Å². The summed E-state index contributed by atoms with van der Waals surface area (Å²) in [6.07, 6.45) is 2.68. The second-order valence-electron chi connectivity index (χ2n) is 15.7. The molecule has 3 saturated carbocycles. The number of rotatable bonds is 9. The highest BCUT2D eigenvalue weighted by Gasteiger charge is 2.75. The lowest BCUT2D eigenvalue weighted by atomic mass is 9.42. The Balaban J connectivity index is 1.26. The molecule has 7 rings (SSSR count). The molecule has 2 saturated heterocycles. The van der Waals surface area contributed by atoms with Gasteiger partial charge in [0.1, 0.15) is 18.7 Å². The monoisotopic (exact) mass is 630 g/mol. The quantitative estimate of drug-likeness (QED) is 0.309. The largest absolute Gasteiger partial charge is 0.600 e. The van der Waals surface area contributed by atoms with Crippen LogP contribution in [0.25, 0.3) is 0 Å². The average Bonchev–Trinajstić information content (AvgIpc) is 3.41. The lowest BCUT2D eigenvalue weighted by Gasteiger charge is -2.66. The third kappa shape index (κ3) is 5.52. The Morgan fingerprint density at radius 3 is 2.20 bits per heavy atom. The molecule has 10 heteroatoms. The molecule has 0 spiro atoms. The molecule has 1 amide bonds. The number of benzene rings is 2. The molecule has 5 aliphatic rings. The van der Waals surface area contributed by atoms with Crippen molar-refractivity contribution in [3.05, 3.63) is 71.3 Å². The van der Waals surface area contributed by atoms with Gasteiger partial charge in [0.2, 0.25) is 0 Å². The van der Waals surface area contributed by atoms with Crippen LogP contribution in [0.3, 0.4) is 0 Å². The van der Waals surface area contributed by atoms with Crippen LogP contribution in [0.15, 0.2) is 54.6 Å². The van der Waals surface area contributed by atoms with Crippen molar-refractivity contribution in [3.8, 4) is 0 Å². The molecular weight excluding hydrogens is 583 g/mol. The number of esters is 1. The summed E-state index contributed by atoms with van der Waals surface area (Å²) >= 11 is 0. The number of hydrogen-bond acceptors (Lipinski definition) is 7. The highest BCUT2D eigenvalue weighted by molar-refractivity contribution is 6.67. The smallest absolute Gasteiger partial charge is 0.591 e. The van der Waals surface area contributed by atoms with Gasteiger partial charge in [-0.2, -0.15) is 0 Å². The van der Waals surface area contributed by atoms with Gasteiger partial charge in [-0.05, 0) is 75.0 Å². The van der Waals surface area contributed by atoms with Crippen molar-refractivity contribution in [3.63, 3.8) is 0 Å². The maximum absolute atomic E-state index is 13.4. The number of carbonyl (C=O) groups excluding carboxylic acids is 4. The van der Waals surface area contributed by atoms with Gasteiger partial charge in [0.05, 0.1) is 12.5 Å². The number of fused-ring (bicyclic) bond motifs is 4. The molecular formula is C36H47BN2O7. The van der Waals surface area contributed by atoms with E-state index in [4.69, 9.17) is 14.0 Å². The summed E-state index contributed by atoms with van der Waals surface area (Å²) in [7, 11) is 0. The second-order valence-corrected chi connectivity index (χ2v) is 15.7. The van der Waals surface area contributed by atoms with Crippen molar-refractivity contribution in [1.82, 2.24) is 5.32 Å². The predicted octanol–water partition coefficient (Wildman–Crippen LogP) is 4.95. The Bertz CT molecular complexity index is 1500. The van der Waals surface area contributed by atoms with E-state index >= 15 is 0 Å². The molecule has 0 radical (unpaired) electrons. The third-order valence-corrected chi connectivity index (χ3v) is 11.6. The van der Waals surface area contributed by atoms with Crippen LogP contribution < -0.4 is 5.32 Å². The number of quaternary nitrogens is 1. The zero-order valence-corrected chi connectivity index (χ0v) is 27.9. The minimum atomic E-state index is -2.42. The summed E-state index contributed by atoms with van der Waals surface area (Å²) in [6, 6.07) is 17.3. The molecule has 0 aromatic heterocycles. The summed E-state index contributed by atoms with van der Waals surface area (Å²) in [5.74, 6) is -0.272. The van der Waals surface area contributed by atoms with Gasteiger partial charge in [-0.1, -0.05) is 68.8 Å². The summed E-state index contributed by atoms with van der Waals surface area (Å²) in [6.45, 7) is 10.5. The standard InChI is InChI=1S/C36H47BN2O7/c1-23-28-19-27(36(28,5)6)20-30(23)39-21-32(41)45-37(39,46-33(42)22-39)29(25-10-8-7-9-11-25)18-24-12-14-26(15-13-24)34(43)38-17-16-31(40)44-35(2,3)4/h7-15,23,27-30H,16-22H2,1-6H3,(H,38,43)/t23-,27+,28-,29+,30-,37?,39?/m1/s1. The van der Waals surface area contributed by atoms with E-state index in [1.165, 1.54) is 6.42 Å². The van der Waals surface area contributed by atoms with E-state index in [0.717, 1.165) is 17.5 Å². The number of nitrogens with zero attached hydrogens (tertiary/aromatic N) is 1. The van der Waals surface area contributed by atoms with Crippen molar-refractivity contribution in [1.29, 1.82) is 0 Å². The molecule has 2 aromatic carbocycles. The van der Waals surface area contributed by atoms with E-state index in [1.807, 2.05) is 42.5 Å². The first kappa shape index (κ1) is 32.3. The number of carbonyl (C=O) groups is 4. The zero-order valence-electron chi connectivity index (χ0n) is 27.9. The van der Waals surface area contributed by atoms with Crippen LogP contribution in [0.4, 0.5) is 0 Å². The molecule has 9 nitrogen and oxygen atoms in total. The molecule has 2 aromatic rings. The first-order valence-electron chi connectivity index (χ1n) is 16.7. The van der Waals surface area contributed by atoms with E-state index in [0.29, 0.717) is 29.7 Å².